The van der Waals surface area contributed by atoms with Crippen molar-refractivity contribution in [2.75, 3.05) is 39.4 Å². The number of hydrogen-bond acceptors (Lipinski definition) is 5. The summed E-state index contributed by atoms with van der Waals surface area (Å²) >= 11 is 1.22. The number of ether oxygens (including phenoxy) is 1. The van der Waals surface area contributed by atoms with Crippen molar-refractivity contribution in [1.82, 2.24) is 9.21 Å². The summed E-state index contributed by atoms with van der Waals surface area (Å²) in [5, 5.41) is 0. The molecule has 0 spiro atoms. The van der Waals surface area contributed by atoms with E-state index in [1.54, 1.807) is 21.3 Å². The summed E-state index contributed by atoms with van der Waals surface area (Å²) in [6.07, 6.45) is 3.20. The minimum absolute atomic E-state index is 0.0390. The fraction of sp³-hybridized carbons (Fsp3) is 0.667. The molecule has 0 aromatic carbocycles. The molecule has 128 valence electrons. The number of rotatable bonds is 4. The highest BCUT2D eigenvalue weighted by atomic mass is 32.2. The van der Waals surface area contributed by atoms with Gasteiger partial charge in [0.25, 0.3) is 10.0 Å². The van der Waals surface area contributed by atoms with Crippen molar-refractivity contribution in [3.63, 3.8) is 0 Å². The summed E-state index contributed by atoms with van der Waals surface area (Å²) in [6.45, 7) is 3.58. The van der Waals surface area contributed by atoms with Crippen LogP contribution in [0.2, 0.25) is 0 Å². The van der Waals surface area contributed by atoms with Crippen molar-refractivity contribution >= 4 is 27.3 Å². The van der Waals surface area contributed by atoms with Crippen LogP contribution < -0.4 is 0 Å². The number of hydrogen-bond donors (Lipinski definition) is 0. The summed E-state index contributed by atoms with van der Waals surface area (Å²) in [4.78, 5) is 14.8. The van der Waals surface area contributed by atoms with Gasteiger partial charge in [-0.3, -0.25) is 4.79 Å². The van der Waals surface area contributed by atoms with Gasteiger partial charge in [0.15, 0.2) is 0 Å². The van der Waals surface area contributed by atoms with Crippen molar-refractivity contribution in [3.8, 4) is 0 Å². The molecule has 0 saturated carbocycles. The fourth-order valence-corrected chi connectivity index (χ4v) is 5.92. The molecule has 2 fully saturated rings. The van der Waals surface area contributed by atoms with E-state index in [-0.39, 0.29) is 12.3 Å². The Morgan fingerprint density at radius 1 is 1.09 bits per heavy atom. The van der Waals surface area contributed by atoms with Crippen molar-refractivity contribution in [1.29, 1.82) is 0 Å². The first-order valence-corrected chi connectivity index (χ1v) is 10.3. The molecule has 0 unspecified atom stereocenters. The van der Waals surface area contributed by atoms with E-state index in [0.717, 1.165) is 24.1 Å². The fourth-order valence-electron chi connectivity index (χ4n) is 2.90. The van der Waals surface area contributed by atoms with Crippen molar-refractivity contribution in [2.24, 2.45) is 0 Å². The van der Waals surface area contributed by atoms with Crippen LogP contribution in [0.25, 0.3) is 0 Å². The van der Waals surface area contributed by atoms with Crippen LogP contribution in [-0.4, -0.2) is 62.9 Å². The van der Waals surface area contributed by atoms with E-state index in [0.29, 0.717) is 43.6 Å². The number of morpholine rings is 1. The summed E-state index contributed by atoms with van der Waals surface area (Å²) < 4.78 is 32.4. The average molecular weight is 358 g/mol. The van der Waals surface area contributed by atoms with Crippen LogP contribution in [0.4, 0.5) is 0 Å². The Labute approximate surface area is 141 Å². The first-order valence-electron chi connectivity index (χ1n) is 8.02. The number of carbonyl (C=O) groups is 1. The lowest BCUT2D eigenvalue weighted by atomic mass is 10.2. The molecule has 0 aliphatic carbocycles. The number of sulfonamides is 1. The molecule has 3 rings (SSSR count). The second kappa shape index (κ2) is 7.29. The highest BCUT2D eigenvalue weighted by Crippen LogP contribution is 2.27. The topological polar surface area (TPSA) is 66.9 Å². The van der Waals surface area contributed by atoms with Crippen LogP contribution in [0, 0.1) is 0 Å². The number of piperidine rings is 1. The number of carbonyl (C=O) groups excluding carboxylic acids is 1. The summed E-state index contributed by atoms with van der Waals surface area (Å²) in [6, 6.07) is 3.40. The van der Waals surface area contributed by atoms with Crippen LogP contribution in [0.1, 0.15) is 24.1 Å². The van der Waals surface area contributed by atoms with Crippen molar-refractivity contribution < 1.29 is 17.9 Å². The largest absolute Gasteiger partial charge is 0.378 e. The van der Waals surface area contributed by atoms with Gasteiger partial charge in [-0.25, -0.2) is 8.42 Å². The van der Waals surface area contributed by atoms with Gasteiger partial charge >= 0.3 is 0 Å². The molecule has 6 nitrogen and oxygen atoms in total. The molecule has 3 heterocycles. The van der Waals surface area contributed by atoms with Crippen LogP contribution in [-0.2, 0) is 26.0 Å². The van der Waals surface area contributed by atoms with E-state index in [1.165, 1.54) is 11.3 Å². The lowest BCUT2D eigenvalue weighted by Gasteiger charge is -2.26. The van der Waals surface area contributed by atoms with Gasteiger partial charge in [0, 0.05) is 31.1 Å². The van der Waals surface area contributed by atoms with Crippen LogP contribution in [0.5, 0.6) is 0 Å². The van der Waals surface area contributed by atoms with E-state index in [1.807, 2.05) is 0 Å². The Morgan fingerprint density at radius 2 is 1.78 bits per heavy atom. The average Bonchev–Trinajstić information content (AvgIpc) is 3.06. The summed E-state index contributed by atoms with van der Waals surface area (Å²) in [5.41, 5.74) is 0. The highest BCUT2D eigenvalue weighted by molar-refractivity contribution is 7.91. The molecule has 23 heavy (non-hydrogen) atoms. The molecule has 0 atom stereocenters. The number of amides is 1. The standard InChI is InChI=1S/C15H22N2O4S2/c18-14(16-8-10-21-11-9-16)12-13-4-5-15(22-13)23(19,20)17-6-2-1-3-7-17/h4-5H,1-3,6-12H2. The first-order chi connectivity index (χ1) is 11.1. The minimum Gasteiger partial charge on any atom is -0.378 e. The van der Waals surface area contributed by atoms with E-state index in [4.69, 9.17) is 4.74 Å². The third-order valence-corrected chi connectivity index (χ3v) is 7.69. The third kappa shape index (κ3) is 3.93. The maximum atomic E-state index is 12.6. The van der Waals surface area contributed by atoms with E-state index >= 15 is 0 Å². The summed E-state index contributed by atoms with van der Waals surface area (Å²) in [7, 11) is -3.39. The molecule has 1 amide bonds. The van der Waals surface area contributed by atoms with Crippen LogP contribution in [0.15, 0.2) is 16.3 Å². The van der Waals surface area contributed by atoms with Gasteiger partial charge < -0.3 is 9.64 Å². The molecule has 8 heteroatoms. The number of nitrogens with zero attached hydrogens (tertiary/aromatic N) is 2. The second-order valence-corrected chi connectivity index (χ2v) is 9.19. The number of thiophene rings is 1. The smallest absolute Gasteiger partial charge is 0.252 e. The SMILES string of the molecule is O=C(Cc1ccc(S(=O)(=O)N2CCCCC2)s1)N1CCOCC1. The predicted octanol–water partition coefficient (Wildman–Crippen LogP) is 1.32. The Morgan fingerprint density at radius 3 is 2.48 bits per heavy atom. The van der Waals surface area contributed by atoms with Crippen molar-refractivity contribution in [3.05, 3.63) is 17.0 Å². The van der Waals surface area contributed by atoms with Crippen LogP contribution >= 0.6 is 11.3 Å². The molecule has 2 aliphatic rings. The zero-order chi connectivity index (χ0) is 16.3. The lowest BCUT2D eigenvalue weighted by molar-refractivity contribution is -0.134. The molecular weight excluding hydrogens is 336 g/mol. The third-order valence-electron chi connectivity index (χ3n) is 4.24. The quantitative estimate of drug-likeness (QED) is 0.814. The monoisotopic (exact) mass is 358 g/mol. The Hall–Kier alpha value is -0.960. The Bertz CT molecular complexity index is 644. The van der Waals surface area contributed by atoms with Gasteiger partial charge in [-0.2, -0.15) is 4.31 Å². The molecular formula is C15H22N2O4S2. The molecule has 0 bridgehead atoms. The van der Waals surface area contributed by atoms with E-state index in [9.17, 15) is 13.2 Å². The normalized spacial score (nSPS) is 20.6. The van der Waals surface area contributed by atoms with Crippen molar-refractivity contribution in [2.45, 2.75) is 29.9 Å². The van der Waals surface area contributed by atoms with Gasteiger partial charge in [0.1, 0.15) is 4.21 Å². The zero-order valence-electron chi connectivity index (χ0n) is 13.1. The van der Waals surface area contributed by atoms with Gasteiger partial charge in [0.2, 0.25) is 5.91 Å². The van der Waals surface area contributed by atoms with Gasteiger partial charge in [-0.15, -0.1) is 11.3 Å². The molecule has 0 N–H and O–H groups in total. The lowest BCUT2D eigenvalue weighted by Crippen LogP contribution is -2.41. The zero-order valence-corrected chi connectivity index (χ0v) is 14.7. The van der Waals surface area contributed by atoms with Gasteiger partial charge in [0.05, 0.1) is 19.6 Å². The van der Waals surface area contributed by atoms with E-state index in [2.05, 4.69) is 0 Å². The molecule has 0 radical (unpaired) electrons. The van der Waals surface area contributed by atoms with Gasteiger partial charge in [-0.05, 0) is 25.0 Å². The molecule has 1 aromatic rings. The molecule has 2 aliphatic heterocycles. The Balaban J connectivity index is 1.66. The van der Waals surface area contributed by atoms with E-state index < -0.39 is 10.0 Å². The molecule has 2 saturated heterocycles. The maximum Gasteiger partial charge on any atom is 0.252 e. The minimum atomic E-state index is -3.39. The predicted molar refractivity (Wildman–Crippen MR) is 88.0 cm³/mol. The van der Waals surface area contributed by atoms with Gasteiger partial charge in [-0.1, -0.05) is 6.42 Å². The summed E-state index contributed by atoms with van der Waals surface area (Å²) in [5.74, 6) is 0.0390. The molecule has 1 aromatic heterocycles. The first kappa shape index (κ1) is 16.9. The highest BCUT2D eigenvalue weighted by Gasteiger charge is 2.28. The Kier molecular flexibility index (Phi) is 5.35. The second-order valence-electron chi connectivity index (χ2n) is 5.86. The van der Waals surface area contributed by atoms with Crippen LogP contribution in [0.3, 0.4) is 0 Å². The maximum absolute atomic E-state index is 12.6.